The van der Waals surface area contributed by atoms with Crippen LogP contribution in [0.4, 0.5) is 10.1 Å². The molecule has 5 heteroatoms. The van der Waals surface area contributed by atoms with Crippen molar-refractivity contribution in [2.75, 3.05) is 5.32 Å². The molecule has 0 aliphatic heterocycles. The molecule has 1 fully saturated rings. The predicted octanol–water partition coefficient (Wildman–Crippen LogP) is 3.53. The Morgan fingerprint density at radius 3 is 2.94 bits per heavy atom. The second-order valence-electron chi connectivity index (χ2n) is 4.67. The molecule has 0 amide bonds. The Morgan fingerprint density at radius 2 is 2.22 bits per heavy atom. The van der Waals surface area contributed by atoms with Gasteiger partial charge in [-0.2, -0.15) is 0 Å². The number of rotatable bonds is 3. The summed E-state index contributed by atoms with van der Waals surface area (Å²) in [6, 6.07) is 4.18. The van der Waals surface area contributed by atoms with Gasteiger partial charge in [0.25, 0.3) is 0 Å². The first kappa shape index (κ1) is 13.1. The van der Waals surface area contributed by atoms with E-state index in [1.54, 1.807) is 0 Å². The zero-order chi connectivity index (χ0) is 13.1. The summed E-state index contributed by atoms with van der Waals surface area (Å²) < 4.78 is 13.1. The zero-order valence-corrected chi connectivity index (χ0v) is 10.6. The minimum absolute atomic E-state index is 0.0409. The molecule has 3 nitrogen and oxygen atoms in total. The smallest absolute Gasteiger partial charge is 0.306 e. The molecule has 2 atom stereocenters. The number of anilines is 1. The number of hydrogen-bond donors (Lipinski definition) is 2. The number of hydrogen-bond acceptors (Lipinski definition) is 2. The van der Waals surface area contributed by atoms with Crippen LogP contribution in [0.1, 0.15) is 25.7 Å². The lowest BCUT2D eigenvalue weighted by atomic mass is 9.85. The van der Waals surface area contributed by atoms with Crippen molar-refractivity contribution in [3.63, 3.8) is 0 Å². The average Bonchev–Trinajstić information content (AvgIpc) is 2.34. The van der Waals surface area contributed by atoms with Crippen LogP contribution in [0, 0.1) is 11.7 Å². The van der Waals surface area contributed by atoms with Gasteiger partial charge in [0.1, 0.15) is 5.82 Å². The first-order valence-corrected chi connectivity index (χ1v) is 6.38. The van der Waals surface area contributed by atoms with Gasteiger partial charge in [-0.05, 0) is 37.5 Å². The average molecular weight is 272 g/mol. The summed E-state index contributed by atoms with van der Waals surface area (Å²) in [6.07, 6.45) is 3.02. The van der Waals surface area contributed by atoms with Gasteiger partial charge in [0.15, 0.2) is 0 Å². The minimum atomic E-state index is -0.758. The third-order valence-corrected chi connectivity index (χ3v) is 3.64. The maximum absolute atomic E-state index is 13.1. The highest BCUT2D eigenvalue weighted by Crippen LogP contribution is 2.29. The van der Waals surface area contributed by atoms with E-state index in [2.05, 4.69) is 5.32 Å². The van der Waals surface area contributed by atoms with Crippen LogP contribution in [-0.2, 0) is 4.79 Å². The largest absolute Gasteiger partial charge is 0.481 e. The van der Waals surface area contributed by atoms with E-state index < -0.39 is 5.97 Å². The normalized spacial score (nSPS) is 23.7. The molecule has 1 aromatic rings. The molecule has 2 N–H and O–H groups in total. The lowest BCUT2D eigenvalue weighted by molar-refractivity contribution is -0.142. The number of carbonyl (C=O) groups is 1. The number of carboxylic acids is 1. The van der Waals surface area contributed by atoms with Crippen LogP contribution < -0.4 is 5.32 Å². The Hall–Kier alpha value is -1.29. The van der Waals surface area contributed by atoms with E-state index in [1.165, 1.54) is 18.2 Å². The molecule has 2 rings (SSSR count). The van der Waals surface area contributed by atoms with Crippen molar-refractivity contribution in [2.45, 2.75) is 31.7 Å². The third-order valence-electron chi connectivity index (χ3n) is 3.31. The van der Waals surface area contributed by atoms with Gasteiger partial charge in [0, 0.05) is 6.04 Å². The second-order valence-corrected chi connectivity index (χ2v) is 5.07. The quantitative estimate of drug-likeness (QED) is 0.884. The second kappa shape index (κ2) is 5.57. The van der Waals surface area contributed by atoms with E-state index in [0.717, 1.165) is 12.8 Å². The van der Waals surface area contributed by atoms with Crippen molar-refractivity contribution >= 4 is 23.3 Å². The van der Waals surface area contributed by atoms with Gasteiger partial charge >= 0.3 is 5.97 Å². The molecule has 18 heavy (non-hydrogen) atoms. The summed E-state index contributed by atoms with van der Waals surface area (Å²) >= 11 is 5.97. The van der Waals surface area contributed by atoms with E-state index in [4.69, 9.17) is 16.7 Å². The van der Waals surface area contributed by atoms with E-state index in [0.29, 0.717) is 23.6 Å². The molecule has 0 bridgehead atoms. The van der Waals surface area contributed by atoms with Gasteiger partial charge in [-0.3, -0.25) is 4.79 Å². The Balaban J connectivity index is 2.04. The SMILES string of the molecule is O=C(O)C1CCCC(Nc2cc(F)ccc2Cl)C1. The van der Waals surface area contributed by atoms with Gasteiger partial charge in [-0.15, -0.1) is 0 Å². The van der Waals surface area contributed by atoms with Crippen LogP contribution in [0.15, 0.2) is 18.2 Å². The first-order chi connectivity index (χ1) is 8.56. The van der Waals surface area contributed by atoms with E-state index in [9.17, 15) is 9.18 Å². The molecule has 0 saturated heterocycles. The van der Waals surface area contributed by atoms with Crippen molar-refractivity contribution in [1.29, 1.82) is 0 Å². The fraction of sp³-hybridized carbons (Fsp3) is 0.462. The maximum Gasteiger partial charge on any atom is 0.306 e. The topological polar surface area (TPSA) is 49.3 Å². The van der Waals surface area contributed by atoms with Crippen LogP contribution in [-0.4, -0.2) is 17.1 Å². The van der Waals surface area contributed by atoms with Crippen LogP contribution in [0.5, 0.6) is 0 Å². The number of halogens is 2. The molecule has 0 aromatic heterocycles. The number of aliphatic carboxylic acids is 1. The molecule has 1 aliphatic rings. The fourth-order valence-corrected chi connectivity index (χ4v) is 2.55. The molecular weight excluding hydrogens is 257 g/mol. The molecule has 0 heterocycles. The molecular formula is C13H15ClFNO2. The molecule has 2 unspecified atom stereocenters. The van der Waals surface area contributed by atoms with Crippen molar-refractivity contribution in [1.82, 2.24) is 0 Å². The molecule has 98 valence electrons. The lowest BCUT2D eigenvalue weighted by Crippen LogP contribution is -2.31. The van der Waals surface area contributed by atoms with E-state index in [-0.39, 0.29) is 17.8 Å². The molecule has 0 spiro atoms. The summed E-state index contributed by atoms with van der Waals surface area (Å²) in [4.78, 5) is 11.0. The Labute approximate surface area is 110 Å². The van der Waals surface area contributed by atoms with Gasteiger partial charge in [0.2, 0.25) is 0 Å². The summed E-state index contributed by atoms with van der Waals surface area (Å²) in [5, 5.41) is 12.6. The number of carboxylic acid groups (broad SMARTS) is 1. The Kier molecular flexibility index (Phi) is 4.07. The standard InChI is InChI=1S/C13H15ClFNO2/c14-11-5-4-9(15)7-12(11)16-10-3-1-2-8(6-10)13(17)18/h4-5,7-8,10,16H,1-3,6H2,(H,17,18). The van der Waals surface area contributed by atoms with Crippen molar-refractivity contribution in [3.05, 3.63) is 29.0 Å². The highest BCUT2D eigenvalue weighted by atomic mass is 35.5. The third kappa shape index (κ3) is 3.13. The molecule has 1 saturated carbocycles. The Morgan fingerprint density at radius 1 is 1.44 bits per heavy atom. The first-order valence-electron chi connectivity index (χ1n) is 6.00. The minimum Gasteiger partial charge on any atom is -0.481 e. The molecule has 1 aromatic carbocycles. The van der Waals surface area contributed by atoms with Crippen molar-refractivity contribution in [2.24, 2.45) is 5.92 Å². The van der Waals surface area contributed by atoms with Crippen molar-refractivity contribution in [3.8, 4) is 0 Å². The predicted molar refractivity (Wildman–Crippen MR) is 68.4 cm³/mol. The highest BCUT2D eigenvalue weighted by molar-refractivity contribution is 6.33. The highest BCUT2D eigenvalue weighted by Gasteiger charge is 2.27. The van der Waals surface area contributed by atoms with Crippen molar-refractivity contribution < 1.29 is 14.3 Å². The van der Waals surface area contributed by atoms with Crippen LogP contribution in [0.25, 0.3) is 0 Å². The zero-order valence-electron chi connectivity index (χ0n) is 9.83. The van der Waals surface area contributed by atoms with E-state index in [1.807, 2.05) is 0 Å². The van der Waals surface area contributed by atoms with Gasteiger partial charge in [-0.1, -0.05) is 18.0 Å². The monoisotopic (exact) mass is 271 g/mol. The van der Waals surface area contributed by atoms with E-state index >= 15 is 0 Å². The van der Waals surface area contributed by atoms with Crippen LogP contribution in [0.2, 0.25) is 5.02 Å². The summed E-state index contributed by atoms with van der Waals surface area (Å²) in [7, 11) is 0. The van der Waals surface area contributed by atoms with Crippen LogP contribution >= 0.6 is 11.6 Å². The van der Waals surface area contributed by atoms with Crippen LogP contribution in [0.3, 0.4) is 0 Å². The summed E-state index contributed by atoms with van der Waals surface area (Å²) in [5.41, 5.74) is 0.535. The maximum atomic E-state index is 13.1. The van der Waals surface area contributed by atoms with Gasteiger partial charge < -0.3 is 10.4 Å². The lowest BCUT2D eigenvalue weighted by Gasteiger charge is -2.28. The number of nitrogens with one attached hydrogen (secondary N) is 1. The summed E-state index contributed by atoms with van der Waals surface area (Å²) in [6.45, 7) is 0. The Bertz CT molecular complexity index is 453. The van der Waals surface area contributed by atoms with Gasteiger partial charge in [0.05, 0.1) is 16.6 Å². The number of benzene rings is 1. The van der Waals surface area contributed by atoms with Gasteiger partial charge in [-0.25, -0.2) is 4.39 Å². The fourth-order valence-electron chi connectivity index (χ4n) is 2.37. The molecule has 1 aliphatic carbocycles. The molecule has 0 radical (unpaired) electrons. The summed E-state index contributed by atoms with van der Waals surface area (Å²) in [5.74, 6) is -1.43.